The smallest absolute Gasteiger partial charge is 0.215 e. The number of nitrogens with zero attached hydrogens (tertiary/aromatic N) is 2. The van der Waals surface area contributed by atoms with Crippen LogP contribution in [0.4, 0.5) is 4.39 Å². The van der Waals surface area contributed by atoms with E-state index in [2.05, 4.69) is 14.7 Å². The van der Waals surface area contributed by atoms with Gasteiger partial charge in [0.15, 0.2) is 5.82 Å². The Kier molecular flexibility index (Phi) is 5.84. The van der Waals surface area contributed by atoms with E-state index < -0.39 is 27.0 Å². The molecule has 0 amide bonds. The molecular formula is C16H20FN3O3S. The number of ether oxygens (including phenoxy) is 1. The summed E-state index contributed by atoms with van der Waals surface area (Å²) in [5.41, 5.74) is 0.817. The van der Waals surface area contributed by atoms with Crippen molar-refractivity contribution in [2.75, 3.05) is 7.11 Å². The Morgan fingerprint density at radius 1 is 1.17 bits per heavy atom. The monoisotopic (exact) mass is 353 g/mol. The highest BCUT2D eigenvalue weighted by Gasteiger charge is 2.29. The third-order valence-electron chi connectivity index (χ3n) is 3.88. The van der Waals surface area contributed by atoms with Gasteiger partial charge in [0.25, 0.3) is 0 Å². The van der Waals surface area contributed by atoms with Gasteiger partial charge in [0.1, 0.15) is 11.6 Å². The van der Waals surface area contributed by atoms with Crippen LogP contribution in [0.1, 0.15) is 31.2 Å². The lowest BCUT2D eigenvalue weighted by atomic mass is 10.1. The van der Waals surface area contributed by atoms with Crippen molar-refractivity contribution in [3.8, 4) is 5.75 Å². The summed E-state index contributed by atoms with van der Waals surface area (Å²) in [6.07, 6.45) is 2.06. The Morgan fingerprint density at radius 2 is 1.75 bits per heavy atom. The Balaban J connectivity index is 2.03. The summed E-state index contributed by atoms with van der Waals surface area (Å²) in [5.74, 6) is -0.0335. The number of benzene rings is 1. The van der Waals surface area contributed by atoms with E-state index in [-0.39, 0.29) is 6.54 Å². The van der Waals surface area contributed by atoms with Crippen LogP contribution in [-0.4, -0.2) is 30.7 Å². The third kappa shape index (κ3) is 4.48. The average molecular weight is 353 g/mol. The van der Waals surface area contributed by atoms with Crippen LogP contribution in [0, 0.1) is 5.82 Å². The molecule has 0 aliphatic rings. The van der Waals surface area contributed by atoms with E-state index >= 15 is 0 Å². The summed E-state index contributed by atoms with van der Waals surface area (Å²) in [6, 6.07) is 7.11. The van der Waals surface area contributed by atoms with Gasteiger partial charge in [0, 0.05) is 12.5 Å². The van der Waals surface area contributed by atoms with Gasteiger partial charge in [0.05, 0.1) is 24.8 Å². The molecular weight excluding hydrogens is 333 g/mol. The summed E-state index contributed by atoms with van der Waals surface area (Å²) in [7, 11) is -2.02. The zero-order chi connectivity index (χ0) is 17.7. The highest BCUT2D eigenvalue weighted by molar-refractivity contribution is 7.90. The number of nitrogens with one attached hydrogen (secondary N) is 1. The lowest BCUT2D eigenvalue weighted by Crippen LogP contribution is -2.35. The van der Waals surface area contributed by atoms with Crippen LogP contribution in [0.3, 0.4) is 0 Å². The van der Waals surface area contributed by atoms with Crippen molar-refractivity contribution in [1.82, 2.24) is 14.7 Å². The van der Waals surface area contributed by atoms with Gasteiger partial charge in [-0.25, -0.2) is 27.5 Å². The molecule has 0 saturated heterocycles. The van der Waals surface area contributed by atoms with Crippen LogP contribution >= 0.6 is 0 Å². The van der Waals surface area contributed by atoms with Crippen molar-refractivity contribution < 1.29 is 17.5 Å². The molecule has 0 saturated carbocycles. The van der Waals surface area contributed by atoms with Gasteiger partial charge < -0.3 is 4.74 Å². The van der Waals surface area contributed by atoms with Crippen LogP contribution in [-0.2, 0) is 16.6 Å². The molecule has 6 nitrogen and oxygen atoms in total. The summed E-state index contributed by atoms with van der Waals surface area (Å²) >= 11 is 0. The fourth-order valence-corrected chi connectivity index (χ4v) is 3.38. The number of sulfonamides is 1. The first-order valence-corrected chi connectivity index (χ1v) is 8.97. The molecule has 0 spiro atoms. The number of aromatic nitrogens is 2. The lowest BCUT2D eigenvalue weighted by Gasteiger charge is -2.19. The number of rotatable bonds is 7. The Bertz CT molecular complexity index is 764. The number of methoxy groups -OCH3 is 1. The van der Waals surface area contributed by atoms with Crippen LogP contribution in [0.2, 0.25) is 0 Å². The van der Waals surface area contributed by atoms with Gasteiger partial charge in [-0.05, 0) is 24.6 Å². The zero-order valence-electron chi connectivity index (χ0n) is 13.7. The van der Waals surface area contributed by atoms with E-state index in [9.17, 15) is 12.8 Å². The number of hydrogen-bond acceptors (Lipinski definition) is 5. The minimum atomic E-state index is -3.59. The normalized spacial score (nSPS) is 14.2. The molecule has 1 N–H and O–H groups in total. The second kappa shape index (κ2) is 7.67. The molecule has 2 aromatic rings. The molecule has 0 unspecified atom stereocenters. The second-order valence-corrected chi connectivity index (χ2v) is 7.59. The van der Waals surface area contributed by atoms with Gasteiger partial charge in [-0.3, -0.25) is 0 Å². The molecule has 0 fully saturated rings. The summed E-state index contributed by atoms with van der Waals surface area (Å²) in [6.45, 7) is 3.45. The molecule has 0 aliphatic heterocycles. The second-order valence-electron chi connectivity index (χ2n) is 5.47. The highest BCUT2D eigenvalue weighted by Crippen LogP contribution is 2.21. The first kappa shape index (κ1) is 18.3. The maximum atomic E-state index is 12.9. The van der Waals surface area contributed by atoms with Gasteiger partial charge in [-0.2, -0.15) is 0 Å². The highest BCUT2D eigenvalue weighted by atomic mass is 32.2. The summed E-state index contributed by atoms with van der Waals surface area (Å²) < 4.78 is 45.4. The predicted molar refractivity (Wildman–Crippen MR) is 88.6 cm³/mol. The standard InChI is InChI=1S/C16H20FN3O3S/c1-11(16-18-9-14(17)10-19-16)12(2)24(21,22)20-8-13-4-6-15(23-3)7-5-13/h4-7,9-12,20H,8H2,1-3H3/t11-,12+/m1/s1. The van der Waals surface area contributed by atoms with Crippen molar-refractivity contribution in [3.05, 3.63) is 53.9 Å². The number of hydrogen-bond donors (Lipinski definition) is 1. The fourth-order valence-electron chi connectivity index (χ4n) is 2.09. The van der Waals surface area contributed by atoms with Crippen molar-refractivity contribution in [3.63, 3.8) is 0 Å². The van der Waals surface area contributed by atoms with E-state index in [0.29, 0.717) is 11.6 Å². The van der Waals surface area contributed by atoms with Crippen LogP contribution in [0.15, 0.2) is 36.7 Å². The molecule has 0 bridgehead atoms. The summed E-state index contributed by atoms with van der Waals surface area (Å²) in [5, 5.41) is -0.763. The molecule has 2 atom stereocenters. The Labute approximate surface area is 141 Å². The van der Waals surface area contributed by atoms with Crippen LogP contribution < -0.4 is 9.46 Å². The first-order chi connectivity index (χ1) is 11.3. The van der Waals surface area contributed by atoms with E-state index in [4.69, 9.17) is 4.74 Å². The third-order valence-corrected chi connectivity index (χ3v) is 5.81. The van der Waals surface area contributed by atoms with Crippen molar-refractivity contribution in [1.29, 1.82) is 0 Å². The number of halogens is 1. The fraction of sp³-hybridized carbons (Fsp3) is 0.375. The minimum absolute atomic E-state index is 0.174. The summed E-state index contributed by atoms with van der Waals surface area (Å²) in [4.78, 5) is 7.72. The maximum absolute atomic E-state index is 12.9. The minimum Gasteiger partial charge on any atom is -0.497 e. The molecule has 2 rings (SSSR count). The molecule has 1 heterocycles. The van der Waals surface area contributed by atoms with E-state index in [0.717, 1.165) is 18.0 Å². The van der Waals surface area contributed by atoms with E-state index in [1.165, 1.54) is 0 Å². The molecule has 1 aromatic carbocycles. The van der Waals surface area contributed by atoms with Crippen molar-refractivity contribution in [2.24, 2.45) is 0 Å². The van der Waals surface area contributed by atoms with Gasteiger partial charge in [0.2, 0.25) is 10.0 Å². The van der Waals surface area contributed by atoms with Crippen molar-refractivity contribution >= 4 is 10.0 Å². The van der Waals surface area contributed by atoms with Gasteiger partial charge >= 0.3 is 0 Å². The largest absolute Gasteiger partial charge is 0.497 e. The topological polar surface area (TPSA) is 81.2 Å². The quantitative estimate of drug-likeness (QED) is 0.825. The zero-order valence-corrected chi connectivity index (χ0v) is 14.5. The molecule has 0 aliphatic carbocycles. The van der Waals surface area contributed by atoms with Gasteiger partial charge in [-0.1, -0.05) is 19.1 Å². The Hall–Kier alpha value is -2.06. The van der Waals surface area contributed by atoms with E-state index in [1.807, 2.05) is 0 Å². The average Bonchev–Trinajstić information content (AvgIpc) is 2.60. The Morgan fingerprint density at radius 3 is 2.29 bits per heavy atom. The molecule has 0 radical (unpaired) electrons. The van der Waals surface area contributed by atoms with Crippen LogP contribution in [0.5, 0.6) is 5.75 Å². The van der Waals surface area contributed by atoms with Crippen molar-refractivity contribution in [2.45, 2.75) is 31.6 Å². The molecule has 130 valence electrons. The maximum Gasteiger partial charge on any atom is 0.215 e. The molecule has 8 heteroatoms. The van der Waals surface area contributed by atoms with Crippen LogP contribution in [0.25, 0.3) is 0 Å². The molecule has 24 heavy (non-hydrogen) atoms. The van der Waals surface area contributed by atoms with E-state index in [1.54, 1.807) is 45.2 Å². The molecule has 1 aromatic heterocycles. The SMILES string of the molecule is COc1ccc(CNS(=O)(=O)[C@@H](C)[C@@H](C)c2ncc(F)cn2)cc1. The predicted octanol–water partition coefficient (Wildman–Crippen LogP) is 2.24. The van der Waals surface area contributed by atoms with Gasteiger partial charge in [-0.15, -0.1) is 0 Å². The lowest BCUT2D eigenvalue weighted by molar-refractivity contribution is 0.414. The first-order valence-electron chi connectivity index (χ1n) is 7.42.